The van der Waals surface area contributed by atoms with Crippen LogP contribution in [-0.2, 0) is 0 Å². The predicted molar refractivity (Wildman–Crippen MR) is 63.2 cm³/mol. The molecule has 2 rings (SSSR count). The Hall–Kier alpha value is -2.18. The summed E-state index contributed by atoms with van der Waals surface area (Å²) in [5.41, 5.74) is 1.11. The highest BCUT2D eigenvalue weighted by Crippen LogP contribution is 2.17. The average molecular weight is 288 g/mol. The molecule has 0 saturated heterocycles. The van der Waals surface area contributed by atoms with E-state index in [1.807, 2.05) is 25.1 Å². The Morgan fingerprint density at radius 2 is 2.06 bits per heavy atom. The van der Waals surface area contributed by atoms with Crippen LogP contribution in [0.4, 0.5) is 0 Å². The summed E-state index contributed by atoms with van der Waals surface area (Å²) < 4.78 is 2.39. The largest absolute Gasteiger partial charge is 0.273 e. The number of halogens is 1. The molecular formula is C11H6BrN5. The molecule has 0 radical (unpaired) electrons. The van der Waals surface area contributed by atoms with Crippen molar-refractivity contribution in [2.24, 2.45) is 0 Å². The fraction of sp³-hybridized carbons (Fsp3) is 0.0909. The number of rotatable bonds is 1. The number of nitriles is 2. The molecule has 2 heterocycles. The van der Waals surface area contributed by atoms with Gasteiger partial charge in [0.15, 0.2) is 11.4 Å². The minimum absolute atomic E-state index is 0.106. The van der Waals surface area contributed by atoms with E-state index in [4.69, 9.17) is 10.5 Å². The summed E-state index contributed by atoms with van der Waals surface area (Å²) in [5, 5.41) is 17.8. The number of hydrogen-bond acceptors (Lipinski definition) is 4. The molecule has 0 N–H and O–H groups in total. The van der Waals surface area contributed by atoms with Gasteiger partial charge < -0.3 is 0 Å². The van der Waals surface area contributed by atoms with Crippen molar-refractivity contribution in [2.45, 2.75) is 6.92 Å². The lowest BCUT2D eigenvalue weighted by molar-refractivity contribution is 0.957. The third-order valence-corrected chi connectivity index (χ3v) is 3.07. The second-order valence-corrected chi connectivity index (χ2v) is 4.13. The summed E-state index contributed by atoms with van der Waals surface area (Å²) in [5.74, 6) is 0.566. The van der Waals surface area contributed by atoms with Crippen molar-refractivity contribution in [1.82, 2.24) is 14.5 Å². The molecule has 2 aromatic rings. The van der Waals surface area contributed by atoms with Crippen molar-refractivity contribution in [3.63, 3.8) is 0 Å². The predicted octanol–water partition coefficient (Wildman–Crippen LogP) is 2.08. The smallest absolute Gasteiger partial charge is 0.177 e. The van der Waals surface area contributed by atoms with Crippen LogP contribution in [0.1, 0.15) is 17.1 Å². The van der Waals surface area contributed by atoms with Crippen molar-refractivity contribution in [3.05, 3.63) is 40.0 Å². The number of nitrogens with zero attached hydrogens (tertiary/aromatic N) is 5. The van der Waals surface area contributed by atoms with Crippen LogP contribution >= 0.6 is 15.9 Å². The van der Waals surface area contributed by atoms with E-state index in [1.165, 1.54) is 10.9 Å². The molecular weight excluding hydrogens is 282 g/mol. The van der Waals surface area contributed by atoms with E-state index in [0.29, 0.717) is 5.82 Å². The number of imidazole rings is 1. The maximum Gasteiger partial charge on any atom is 0.177 e. The summed E-state index contributed by atoms with van der Waals surface area (Å²) in [7, 11) is 0. The van der Waals surface area contributed by atoms with E-state index in [9.17, 15) is 0 Å². The second-order valence-electron chi connectivity index (χ2n) is 3.27. The quantitative estimate of drug-likeness (QED) is 0.804. The molecule has 0 atom stereocenters. The van der Waals surface area contributed by atoms with Gasteiger partial charge in [-0.25, -0.2) is 9.97 Å². The number of hydrogen-bond donors (Lipinski definition) is 0. The Kier molecular flexibility index (Phi) is 2.90. The van der Waals surface area contributed by atoms with Gasteiger partial charge in [0.05, 0.1) is 5.69 Å². The van der Waals surface area contributed by atoms with E-state index < -0.39 is 0 Å². The third kappa shape index (κ3) is 1.91. The minimum atomic E-state index is 0.106. The van der Waals surface area contributed by atoms with E-state index in [-0.39, 0.29) is 11.4 Å². The first-order valence-electron chi connectivity index (χ1n) is 4.68. The lowest BCUT2D eigenvalue weighted by Gasteiger charge is -2.04. The molecule has 0 aromatic carbocycles. The molecule has 5 nitrogen and oxygen atoms in total. The van der Waals surface area contributed by atoms with Crippen molar-refractivity contribution in [3.8, 4) is 18.0 Å². The van der Waals surface area contributed by atoms with Gasteiger partial charge in [0, 0.05) is 4.47 Å². The van der Waals surface area contributed by atoms with Crippen LogP contribution in [0, 0.1) is 29.6 Å². The van der Waals surface area contributed by atoms with Crippen LogP contribution in [0.3, 0.4) is 0 Å². The van der Waals surface area contributed by atoms with Gasteiger partial charge in [-0.2, -0.15) is 10.5 Å². The Morgan fingerprint density at radius 3 is 2.65 bits per heavy atom. The fourth-order valence-electron chi connectivity index (χ4n) is 1.38. The standard InChI is InChI=1S/C11H6BrN5/c1-7-8(12)2-3-11(16-7)17-6-15-9(4-13)10(17)5-14/h2-3,6H,1H3. The molecule has 0 saturated carbocycles. The molecule has 6 heteroatoms. The van der Waals surface area contributed by atoms with Gasteiger partial charge in [0.25, 0.3) is 0 Å². The van der Waals surface area contributed by atoms with Gasteiger partial charge in [0.2, 0.25) is 0 Å². The second kappa shape index (κ2) is 4.36. The first kappa shape index (κ1) is 11.3. The van der Waals surface area contributed by atoms with Gasteiger partial charge in [-0.3, -0.25) is 4.57 Å². The van der Waals surface area contributed by atoms with Crippen molar-refractivity contribution in [2.75, 3.05) is 0 Å². The van der Waals surface area contributed by atoms with Gasteiger partial charge >= 0.3 is 0 Å². The highest BCUT2D eigenvalue weighted by molar-refractivity contribution is 9.10. The average Bonchev–Trinajstić information content (AvgIpc) is 2.75. The maximum absolute atomic E-state index is 9.01. The minimum Gasteiger partial charge on any atom is -0.273 e. The molecule has 0 aliphatic heterocycles. The summed E-state index contributed by atoms with van der Waals surface area (Å²) in [4.78, 5) is 8.18. The van der Waals surface area contributed by atoms with Gasteiger partial charge in [-0.1, -0.05) is 0 Å². The van der Waals surface area contributed by atoms with E-state index >= 15 is 0 Å². The van der Waals surface area contributed by atoms with Crippen molar-refractivity contribution < 1.29 is 0 Å². The van der Waals surface area contributed by atoms with Crippen molar-refractivity contribution >= 4 is 15.9 Å². The fourth-order valence-corrected chi connectivity index (χ4v) is 1.60. The van der Waals surface area contributed by atoms with E-state index in [0.717, 1.165) is 10.2 Å². The van der Waals surface area contributed by atoms with Gasteiger partial charge in [-0.15, -0.1) is 0 Å². The summed E-state index contributed by atoms with van der Waals surface area (Å²) in [6.07, 6.45) is 1.42. The lowest BCUT2D eigenvalue weighted by Crippen LogP contribution is -2.00. The summed E-state index contributed by atoms with van der Waals surface area (Å²) in [6.45, 7) is 1.85. The zero-order valence-corrected chi connectivity index (χ0v) is 10.4. The number of aryl methyl sites for hydroxylation is 1. The Bertz CT molecular complexity index is 659. The van der Waals surface area contributed by atoms with E-state index in [1.54, 1.807) is 6.07 Å². The van der Waals surface area contributed by atoms with Crippen LogP contribution in [0.25, 0.3) is 5.82 Å². The Balaban J connectivity index is 2.62. The van der Waals surface area contributed by atoms with Crippen LogP contribution in [0.2, 0.25) is 0 Å². The summed E-state index contributed by atoms with van der Waals surface area (Å²) >= 11 is 3.35. The Labute approximate surface area is 106 Å². The zero-order chi connectivity index (χ0) is 12.4. The topological polar surface area (TPSA) is 78.3 Å². The first-order chi connectivity index (χ1) is 8.17. The molecule has 0 amide bonds. The molecule has 17 heavy (non-hydrogen) atoms. The third-order valence-electron chi connectivity index (χ3n) is 2.23. The highest BCUT2D eigenvalue weighted by Gasteiger charge is 2.12. The first-order valence-corrected chi connectivity index (χ1v) is 5.47. The van der Waals surface area contributed by atoms with Gasteiger partial charge in [0.1, 0.15) is 24.3 Å². The number of pyridine rings is 1. The molecule has 0 unspecified atom stereocenters. The summed E-state index contributed by atoms with van der Waals surface area (Å²) in [6, 6.07) is 7.41. The number of aromatic nitrogens is 3. The highest BCUT2D eigenvalue weighted by atomic mass is 79.9. The lowest BCUT2D eigenvalue weighted by atomic mass is 10.3. The van der Waals surface area contributed by atoms with Crippen LogP contribution in [0.5, 0.6) is 0 Å². The van der Waals surface area contributed by atoms with Crippen LogP contribution in [-0.4, -0.2) is 14.5 Å². The molecule has 2 aromatic heterocycles. The van der Waals surface area contributed by atoms with E-state index in [2.05, 4.69) is 25.9 Å². The SMILES string of the molecule is Cc1nc(-n2cnc(C#N)c2C#N)ccc1Br. The monoisotopic (exact) mass is 287 g/mol. The molecule has 0 spiro atoms. The molecule has 0 fully saturated rings. The molecule has 0 bridgehead atoms. The zero-order valence-electron chi connectivity index (χ0n) is 8.85. The molecule has 82 valence electrons. The van der Waals surface area contributed by atoms with Crippen molar-refractivity contribution in [1.29, 1.82) is 10.5 Å². The molecule has 0 aliphatic carbocycles. The van der Waals surface area contributed by atoms with Crippen LogP contribution in [0.15, 0.2) is 22.9 Å². The maximum atomic E-state index is 9.01. The Morgan fingerprint density at radius 1 is 1.29 bits per heavy atom. The van der Waals surface area contributed by atoms with Gasteiger partial charge in [-0.05, 0) is 35.0 Å². The normalized spacial score (nSPS) is 9.65. The molecule has 0 aliphatic rings. The van der Waals surface area contributed by atoms with Crippen LogP contribution < -0.4 is 0 Å².